The zero-order chi connectivity index (χ0) is 10.7. The summed E-state index contributed by atoms with van der Waals surface area (Å²) in [5.41, 5.74) is 0.319. The predicted molar refractivity (Wildman–Crippen MR) is 50.7 cm³/mol. The topological polar surface area (TPSA) is 66.8 Å². The SMILES string of the molecule is COc1c(O)ccc(O)c1CC(C)=O. The van der Waals surface area contributed by atoms with Gasteiger partial charge < -0.3 is 14.9 Å². The summed E-state index contributed by atoms with van der Waals surface area (Å²) in [6, 6.07) is 2.65. The summed E-state index contributed by atoms with van der Waals surface area (Å²) >= 11 is 0. The van der Waals surface area contributed by atoms with Gasteiger partial charge in [0, 0.05) is 12.0 Å². The highest BCUT2D eigenvalue weighted by Gasteiger charge is 2.14. The Labute approximate surface area is 81.8 Å². The molecule has 0 aliphatic heterocycles. The Morgan fingerprint density at radius 1 is 1.36 bits per heavy atom. The monoisotopic (exact) mass is 196 g/mol. The number of methoxy groups -OCH3 is 1. The van der Waals surface area contributed by atoms with Crippen molar-refractivity contribution < 1.29 is 19.7 Å². The van der Waals surface area contributed by atoms with E-state index in [0.717, 1.165) is 0 Å². The fourth-order valence-electron chi connectivity index (χ4n) is 1.25. The maximum atomic E-state index is 10.9. The molecule has 76 valence electrons. The minimum absolute atomic E-state index is 0.0450. The maximum Gasteiger partial charge on any atom is 0.167 e. The van der Waals surface area contributed by atoms with E-state index in [1.165, 1.54) is 26.2 Å². The number of phenols is 2. The summed E-state index contributed by atoms with van der Waals surface area (Å²) in [6.07, 6.45) is 0.0450. The molecule has 1 aromatic rings. The van der Waals surface area contributed by atoms with Gasteiger partial charge in [-0.1, -0.05) is 0 Å². The summed E-state index contributed by atoms with van der Waals surface area (Å²) < 4.78 is 4.90. The van der Waals surface area contributed by atoms with E-state index in [9.17, 15) is 15.0 Å². The normalized spacial score (nSPS) is 9.86. The van der Waals surface area contributed by atoms with Crippen LogP contribution in [0.25, 0.3) is 0 Å². The molecule has 0 fully saturated rings. The molecule has 0 aliphatic rings. The Hall–Kier alpha value is -1.71. The molecule has 4 heteroatoms. The number of hydrogen-bond acceptors (Lipinski definition) is 4. The summed E-state index contributed by atoms with van der Waals surface area (Å²) in [6.45, 7) is 1.41. The fourth-order valence-corrected chi connectivity index (χ4v) is 1.25. The summed E-state index contributed by atoms with van der Waals surface area (Å²) in [5, 5.41) is 18.8. The third kappa shape index (κ3) is 1.96. The van der Waals surface area contributed by atoms with Crippen molar-refractivity contribution in [2.75, 3.05) is 7.11 Å². The van der Waals surface area contributed by atoms with Crippen LogP contribution < -0.4 is 4.74 Å². The van der Waals surface area contributed by atoms with Crippen LogP contribution in [0.5, 0.6) is 17.2 Å². The Morgan fingerprint density at radius 3 is 2.43 bits per heavy atom. The van der Waals surface area contributed by atoms with Crippen molar-refractivity contribution in [2.45, 2.75) is 13.3 Å². The van der Waals surface area contributed by atoms with Gasteiger partial charge in [0.15, 0.2) is 11.5 Å². The predicted octanol–water partition coefficient (Wildman–Crippen LogP) is 1.24. The first-order chi connectivity index (χ1) is 6.56. The molecule has 4 nitrogen and oxygen atoms in total. The van der Waals surface area contributed by atoms with Gasteiger partial charge in [-0.05, 0) is 19.1 Å². The van der Waals surface area contributed by atoms with E-state index in [2.05, 4.69) is 0 Å². The molecule has 0 atom stereocenters. The molecule has 1 rings (SSSR count). The standard InChI is InChI=1S/C10H12O4/c1-6(11)5-7-8(12)3-4-9(13)10(7)14-2/h3-4,12-13H,5H2,1-2H3. The van der Waals surface area contributed by atoms with Gasteiger partial charge in [-0.15, -0.1) is 0 Å². The Bertz CT molecular complexity index is 357. The van der Waals surface area contributed by atoms with Crippen LogP contribution in [0.2, 0.25) is 0 Å². The second-order valence-electron chi connectivity index (χ2n) is 2.99. The van der Waals surface area contributed by atoms with Gasteiger partial charge in [-0.25, -0.2) is 0 Å². The van der Waals surface area contributed by atoms with E-state index >= 15 is 0 Å². The molecule has 0 radical (unpaired) electrons. The molecule has 0 amide bonds. The van der Waals surface area contributed by atoms with Crippen molar-refractivity contribution in [1.29, 1.82) is 0 Å². The highest BCUT2D eigenvalue weighted by Crippen LogP contribution is 2.36. The van der Waals surface area contributed by atoms with E-state index in [-0.39, 0.29) is 29.5 Å². The second-order valence-corrected chi connectivity index (χ2v) is 2.99. The van der Waals surface area contributed by atoms with Crippen LogP contribution in [0, 0.1) is 0 Å². The van der Waals surface area contributed by atoms with Crippen molar-refractivity contribution in [3.8, 4) is 17.2 Å². The number of ketones is 1. The smallest absolute Gasteiger partial charge is 0.167 e. The highest BCUT2D eigenvalue weighted by atomic mass is 16.5. The third-order valence-corrected chi connectivity index (χ3v) is 1.84. The van der Waals surface area contributed by atoms with Crippen molar-refractivity contribution >= 4 is 5.78 Å². The lowest BCUT2D eigenvalue weighted by Crippen LogP contribution is -2.00. The van der Waals surface area contributed by atoms with Crippen molar-refractivity contribution in [2.24, 2.45) is 0 Å². The van der Waals surface area contributed by atoms with Crippen molar-refractivity contribution in [1.82, 2.24) is 0 Å². The van der Waals surface area contributed by atoms with Gasteiger partial charge in [-0.2, -0.15) is 0 Å². The van der Waals surface area contributed by atoms with Gasteiger partial charge >= 0.3 is 0 Å². The average Bonchev–Trinajstić information content (AvgIpc) is 2.11. The fraction of sp³-hybridized carbons (Fsp3) is 0.300. The molecule has 14 heavy (non-hydrogen) atoms. The molecule has 0 bridgehead atoms. The van der Waals surface area contributed by atoms with Crippen LogP contribution >= 0.6 is 0 Å². The van der Waals surface area contributed by atoms with Crippen LogP contribution in [-0.4, -0.2) is 23.1 Å². The number of ether oxygens (including phenoxy) is 1. The molecule has 0 saturated carbocycles. The lowest BCUT2D eigenvalue weighted by Gasteiger charge is -2.10. The molecule has 2 N–H and O–H groups in total. The Kier molecular flexibility index (Phi) is 2.96. The first-order valence-corrected chi connectivity index (χ1v) is 4.13. The van der Waals surface area contributed by atoms with Gasteiger partial charge in [0.2, 0.25) is 0 Å². The number of aromatic hydroxyl groups is 2. The summed E-state index contributed by atoms with van der Waals surface area (Å²) in [4.78, 5) is 10.9. The molecule has 0 spiro atoms. The van der Waals surface area contributed by atoms with Crippen molar-refractivity contribution in [3.63, 3.8) is 0 Å². The van der Waals surface area contributed by atoms with Crippen LogP contribution in [0.1, 0.15) is 12.5 Å². The Morgan fingerprint density at radius 2 is 1.93 bits per heavy atom. The Balaban J connectivity index is 3.22. The molecule has 0 saturated heterocycles. The average molecular weight is 196 g/mol. The third-order valence-electron chi connectivity index (χ3n) is 1.84. The van der Waals surface area contributed by atoms with Crippen LogP contribution in [0.3, 0.4) is 0 Å². The first-order valence-electron chi connectivity index (χ1n) is 4.13. The number of benzene rings is 1. The first kappa shape index (κ1) is 10.4. The van der Waals surface area contributed by atoms with E-state index < -0.39 is 0 Å². The van der Waals surface area contributed by atoms with E-state index in [1.807, 2.05) is 0 Å². The number of carbonyl (C=O) groups excluding carboxylic acids is 1. The minimum atomic E-state index is -0.107. The van der Waals surface area contributed by atoms with E-state index in [0.29, 0.717) is 5.56 Å². The van der Waals surface area contributed by atoms with Gasteiger partial charge in [0.05, 0.1) is 7.11 Å². The number of Topliss-reactive ketones (excluding diaryl/α,β-unsaturated/α-hetero) is 1. The molecular formula is C10H12O4. The number of hydrogen-bond donors (Lipinski definition) is 2. The lowest BCUT2D eigenvalue weighted by atomic mass is 10.1. The largest absolute Gasteiger partial charge is 0.508 e. The summed E-state index contributed by atoms with van der Waals surface area (Å²) in [7, 11) is 1.37. The zero-order valence-electron chi connectivity index (χ0n) is 8.07. The van der Waals surface area contributed by atoms with Gasteiger partial charge in [0.25, 0.3) is 0 Å². The van der Waals surface area contributed by atoms with Crippen LogP contribution in [0.15, 0.2) is 12.1 Å². The molecule has 0 aliphatic carbocycles. The van der Waals surface area contributed by atoms with Crippen molar-refractivity contribution in [3.05, 3.63) is 17.7 Å². The second kappa shape index (κ2) is 4.00. The van der Waals surface area contributed by atoms with E-state index in [1.54, 1.807) is 0 Å². The molecule has 0 heterocycles. The maximum absolute atomic E-state index is 10.9. The lowest BCUT2D eigenvalue weighted by molar-refractivity contribution is -0.116. The van der Waals surface area contributed by atoms with Crippen LogP contribution in [0.4, 0.5) is 0 Å². The number of carbonyl (C=O) groups is 1. The molecule has 0 aromatic heterocycles. The van der Waals surface area contributed by atoms with Gasteiger partial charge in [0.1, 0.15) is 11.5 Å². The number of phenolic OH excluding ortho intramolecular Hbond substituents is 2. The zero-order valence-corrected chi connectivity index (χ0v) is 8.07. The molecular weight excluding hydrogens is 184 g/mol. The quantitative estimate of drug-likeness (QED) is 0.714. The van der Waals surface area contributed by atoms with E-state index in [4.69, 9.17) is 4.74 Å². The molecule has 1 aromatic carbocycles. The minimum Gasteiger partial charge on any atom is -0.508 e. The highest BCUT2D eigenvalue weighted by molar-refractivity contribution is 5.80. The van der Waals surface area contributed by atoms with Crippen LogP contribution in [-0.2, 0) is 11.2 Å². The number of rotatable bonds is 3. The van der Waals surface area contributed by atoms with Gasteiger partial charge in [-0.3, -0.25) is 4.79 Å². The summed E-state index contributed by atoms with van der Waals surface area (Å²) in [5.74, 6) is -0.0826. The molecule has 0 unspecified atom stereocenters.